The predicted octanol–water partition coefficient (Wildman–Crippen LogP) is 2.07. The molecule has 108 valence electrons. The Hall–Kier alpha value is -1.89. The fraction of sp³-hybridized carbons (Fsp3) is 0.500. The normalized spacial score (nSPS) is 14.3. The molecule has 0 aliphatic carbocycles. The molecule has 2 heterocycles. The molecule has 7 nitrogen and oxygen atoms in total. The second-order valence-electron chi connectivity index (χ2n) is 4.52. The highest BCUT2D eigenvalue weighted by Crippen LogP contribution is 2.23. The lowest BCUT2D eigenvalue weighted by Gasteiger charge is -2.15. The van der Waals surface area contributed by atoms with E-state index in [1.807, 2.05) is 4.90 Å². The molecule has 1 amide bonds. The van der Waals surface area contributed by atoms with Crippen LogP contribution in [0.25, 0.3) is 0 Å². The van der Waals surface area contributed by atoms with Crippen molar-refractivity contribution in [3.8, 4) is 0 Å². The van der Waals surface area contributed by atoms with Crippen molar-refractivity contribution in [1.82, 2.24) is 9.88 Å². The number of amides is 1. The van der Waals surface area contributed by atoms with Gasteiger partial charge in [-0.15, -0.1) is 0 Å². The highest BCUT2D eigenvalue weighted by molar-refractivity contribution is 6.29. The van der Waals surface area contributed by atoms with Gasteiger partial charge in [-0.3, -0.25) is 14.9 Å². The molecular weight excluding hydrogens is 284 g/mol. The summed E-state index contributed by atoms with van der Waals surface area (Å²) in [5.41, 5.74) is -0.150. The Bertz CT molecular complexity index is 517. The molecule has 0 bridgehead atoms. The van der Waals surface area contributed by atoms with Crippen molar-refractivity contribution in [2.75, 3.05) is 25.0 Å². The molecule has 1 aliphatic heterocycles. The lowest BCUT2D eigenvalue weighted by molar-refractivity contribution is -0.384. The van der Waals surface area contributed by atoms with Gasteiger partial charge < -0.3 is 10.2 Å². The summed E-state index contributed by atoms with van der Waals surface area (Å²) in [5.74, 6) is 0.149. The minimum Gasteiger partial charge on any atom is -0.364 e. The molecule has 0 spiro atoms. The van der Waals surface area contributed by atoms with Crippen molar-refractivity contribution in [3.05, 3.63) is 27.4 Å². The number of likely N-dealkylation sites (tertiary alicyclic amines) is 1. The van der Waals surface area contributed by atoms with E-state index in [2.05, 4.69) is 10.3 Å². The number of pyridine rings is 1. The SMILES string of the molecule is O=C(CCNc1nc(Cl)ccc1[N+](=O)[O-])N1CCCC1. The first-order valence-electron chi connectivity index (χ1n) is 6.40. The molecule has 1 aromatic rings. The molecule has 0 radical (unpaired) electrons. The lowest BCUT2D eigenvalue weighted by Crippen LogP contribution is -2.29. The molecule has 1 N–H and O–H groups in total. The van der Waals surface area contributed by atoms with E-state index in [1.54, 1.807) is 0 Å². The van der Waals surface area contributed by atoms with Crippen molar-refractivity contribution in [3.63, 3.8) is 0 Å². The van der Waals surface area contributed by atoms with Gasteiger partial charge in [-0.1, -0.05) is 11.6 Å². The van der Waals surface area contributed by atoms with Crippen molar-refractivity contribution < 1.29 is 9.72 Å². The van der Waals surface area contributed by atoms with E-state index >= 15 is 0 Å². The highest BCUT2D eigenvalue weighted by Gasteiger charge is 2.19. The van der Waals surface area contributed by atoms with Gasteiger partial charge in [0, 0.05) is 32.1 Å². The molecule has 0 unspecified atom stereocenters. The van der Waals surface area contributed by atoms with Crippen molar-refractivity contribution in [2.24, 2.45) is 0 Å². The number of nitro groups is 1. The molecule has 1 aliphatic rings. The summed E-state index contributed by atoms with van der Waals surface area (Å²) in [6.45, 7) is 1.90. The van der Waals surface area contributed by atoms with Crippen LogP contribution in [0.4, 0.5) is 11.5 Å². The Kier molecular flexibility index (Phi) is 4.73. The van der Waals surface area contributed by atoms with E-state index in [-0.39, 0.29) is 29.0 Å². The van der Waals surface area contributed by atoms with Crippen LogP contribution in [0.15, 0.2) is 12.1 Å². The van der Waals surface area contributed by atoms with Crippen LogP contribution in [0, 0.1) is 10.1 Å². The fourth-order valence-corrected chi connectivity index (χ4v) is 2.27. The predicted molar refractivity (Wildman–Crippen MR) is 74.8 cm³/mol. The van der Waals surface area contributed by atoms with Crippen LogP contribution < -0.4 is 5.32 Å². The minimum absolute atomic E-state index is 0.0553. The summed E-state index contributed by atoms with van der Waals surface area (Å²) in [6, 6.07) is 2.65. The maximum atomic E-state index is 11.8. The van der Waals surface area contributed by atoms with E-state index in [4.69, 9.17) is 11.6 Å². The van der Waals surface area contributed by atoms with Crippen LogP contribution in [0.2, 0.25) is 5.15 Å². The maximum absolute atomic E-state index is 11.8. The second-order valence-corrected chi connectivity index (χ2v) is 4.91. The standard InChI is InChI=1S/C12H15ClN4O3/c13-10-4-3-9(17(19)20)12(15-10)14-6-5-11(18)16-7-1-2-8-16/h3-4H,1-2,5-8H2,(H,14,15). The lowest BCUT2D eigenvalue weighted by atomic mass is 10.3. The summed E-state index contributed by atoms with van der Waals surface area (Å²) < 4.78 is 0. The smallest absolute Gasteiger partial charge is 0.311 e. The Morgan fingerprint density at radius 2 is 2.15 bits per heavy atom. The van der Waals surface area contributed by atoms with Gasteiger partial charge in [0.05, 0.1) is 4.92 Å². The monoisotopic (exact) mass is 298 g/mol. The van der Waals surface area contributed by atoms with Gasteiger partial charge in [0.1, 0.15) is 5.15 Å². The molecule has 2 rings (SSSR count). The summed E-state index contributed by atoms with van der Waals surface area (Å²) in [4.78, 5) is 27.8. The van der Waals surface area contributed by atoms with Gasteiger partial charge >= 0.3 is 5.69 Å². The summed E-state index contributed by atoms with van der Waals surface area (Å²) >= 11 is 5.72. The topological polar surface area (TPSA) is 88.4 Å². The average molecular weight is 299 g/mol. The number of hydrogen-bond donors (Lipinski definition) is 1. The van der Waals surface area contributed by atoms with Crippen molar-refractivity contribution in [1.29, 1.82) is 0 Å². The van der Waals surface area contributed by atoms with Gasteiger partial charge in [-0.25, -0.2) is 4.98 Å². The maximum Gasteiger partial charge on any atom is 0.311 e. The Morgan fingerprint density at radius 1 is 1.45 bits per heavy atom. The number of nitrogens with zero attached hydrogens (tertiary/aromatic N) is 3. The molecule has 1 aromatic heterocycles. The minimum atomic E-state index is -0.534. The third kappa shape index (κ3) is 3.57. The van der Waals surface area contributed by atoms with Crippen molar-refractivity contribution >= 4 is 29.0 Å². The van der Waals surface area contributed by atoms with Gasteiger partial charge in [-0.05, 0) is 18.9 Å². The average Bonchev–Trinajstić information content (AvgIpc) is 2.92. The molecule has 1 fully saturated rings. The Balaban J connectivity index is 1.91. The van der Waals surface area contributed by atoms with Crippen molar-refractivity contribution in [2.45, 2.75) is 19.3 Å². The van der Waals surface area contributed by atoms with E-state index in [1.165, 1.54) is 12.1 Å². The van der Waals surface area contributed by atoms with Crippen LogP contribution in [0.1, 0.15) is 19.3 Å². The number of hydrogen-bond acceptors (Lipinski definition) is 5. The number of carbonyl (C=O) groups is 1. The molecule has 0 saturated carbocycles. The van der Waals surface area contributed by atoms with Crippen LogP contribution >= 0.6 is 11.6 Å². The molecule has 1 saturated heterocycles. The molecule has 0 atom stereocenters. The van der Waals surface area contributed by atoms with Crippen LogP contribution in [-0.2, 0) is 4.79 Å². The molecule has 0 aromatic carbocycles. The van der Waals surface area contributed by atoms with Crippen LogP contribution in [0.5, 0.6) is 0 Å². The largest absolute Gasteiger partial charge is 0.364 e. The van der Waals surface area contributed by atoms with E-state index in [9.17, 15) is 14.9 Å². The van der Waals surface area contributed by atoms with Crippen LogP contribution in [-0.4, -0.2) is 40.3 Å². The number of anilines is 1. The molecular formula is C12H15ClN4O3. The first-order chi connectivity index (χ1) is 9.58. The van der Waals surface area contributed by atoms with E-state index in [0.717, 1.165) is 25.9 Å². The Morgan fingerprint density at radius 3 is 2.80 bits per heavy atom. The third-order valence-corrected chi connectivity index (χ3v) is 3.34. The number of rotatable bonds is 5. The van der Waals surface area contributed by atoms with E-state index in [0.29, 0.717) is 6.54 Å². The van der Waals surface area contributed by atoms with Gasteiger partial charge in [0.2, 0.25) is 11.7 Å². The quantitative estimate of drug-likeness (QED) is 0.511. The van der Waals surface area contributed by atoms with Crippen LogP contribution in [0.3, 0.4) is 0 Å². The fourth-order valence-electron chi connectivity index (χ4n) is 2.12. The Labute approximate surface area is 121 Å². The zero-order chi connectivity index (χ0) is 14.5. The number of halogens is 1. The summed E-state index contributed by atoms with van der Waals surface area (Å²) in [7, 11) is 0. The number of carbonyl (C=O) groups excluding carboxylic acids is 1. The van der Waals surface area contributed by atoms with Gasteiger partial charge in [0.25, 0.3) is 0 Å². The summed E-state index contributed by atoms with van der Waals surface area (Å²) in [5, 5.41) is 13.8. The third-order valence-electron chi connectivity index (χ3n) is 3.13. The van der Waals surface area contributed by atoms with Gasteiger partial charge in [0.15, 0.2) is 0 Å². The zero-order valence-corrected chi connectivity index (χ0v) is 11.6. The first-order valence-corrected chi connectivity index (χ1v) is 6.78. The zero-order valence-electron chi connectivity index (χ0n) is 10.8. The summed E-state index contributed by atoms with van der Waals surface area (Å²) in [6.07, 6.45) is 2.37. The molecule has 8 heteroatoms. The van der Waals surface area contributed by atoms with Gasteiger partial charge in [-0.2, -0.15) is 0 Å². The first kappa shape index (κ1) is 14.5. The second kappa shape index (κ2) is 6.51. The number of aromatic nitrogens is 1. The highest BCUT2D eigenvalue weighted by atomic mass is 35.5. The molecule has 20 heavy (non-hydrogen) atoms. The van der Waals surface area contributed by atoms with E-state index < -0.39 is 4.92 Å². The number of nitrogens with one attached hydrogen (secondary N) is 1.